The Labute approximate surface area is 141 Å². The molecular formula is C18H24O6. The van der Waals surface area contributed by atoms with Gasteiger partial charge in [0.1, 0.15) is 12.2 Å². The Hall–Kier alpha value is -1.85. The summed E-state index contributed by atoms with van der Waals surface area (Å²) in [6, 6.07) is 0. The fourth-order valence-corrected chi connectivity index (χ4v) is 4.20. The molecule has 0 aromatic rings. The van der Waals surface area contributed by atoms with E-state index < -0.39 is 11.4 Å². The number of fused-ring (bicyclic) bond motifs is 1. The highest BCUT2D eigenvalue weighted by Crippen LogP contribution is 2.55. The molecule has 1 heterocycles. The van der Waals surface area contributed by atoms with Crippen LogP contribution in [0.15, 0.2) is 12.7 Å². The molecule has 1 aliphatic heterocycles. The van der Waals surface area contributed by atoms with Gasteiger partial charge in [0, 0.05) is 17.9 Å². The number of ether oxygens (including phenoxy) is 3. The second-order valence-electron chi connectivity index (χ2n) is 7.63. The Morgan fingerprint density at radius 3 is 2.83 bits per heavy atom. The lowest BCUT2D eigenvalue weighted by atomic mass is 9.86. The molecule has 6 nitrogen and oxygen atoms in total. The van der Waals surface area contributed by atoms with Crippen molar-refractivity contribution in [3.63, 3.8) is 0 Å². The third-order valence-electron chi connectivity index (χ3n) is 5.57. The van der Waals surface area contributed by atoms with Gasteiger partial charge in [0.25, 0.3) is 0 Å². The van der Waals surface area contributed by atoms with Crippen LogP contribution in [0.4, 0.5) is 0 Å². The number of carbonyl (C=O) groups is 3. The standard InChI is InChI=1S/C18H24O6/c1-4-13(19)22-7-5-6-18(2,3)17(21)24-14-10-8-11-12(9-10)16(20)23-15(11)14/h4,10-12,14-15H,1,5-9H2,2-3H3. The first-order valence-electron chi connectivity index (χ1n) is 8.54. The molecule has 0 N–H and O–H groups in total. The molecule has 6 heteroatoms. The third kappa shape index (κ3) is 2.94. The molecule has 2 bridgehead atoms. The fraction of sp³-hybridized carbons (Fsp3) is 0.722. The normalized spacial score (nSPS) is 33.2. The SMILES string of the molecule is C=CC(=O)OCCCC(C)(C)C(=O)OC1C2CC3C(=O)OC1C3C2. The van der Waals surface area contributed by atoms with Gasteiger partial charge in [-0.1, -0.05) is 6.58 Å². The molecule has 24 heavy (non-hydrogen) atoms. The van der Waals surface area contributed by atoms with Gasteiger partial charge in [0.05, 0.1) is 17.9 Å². The van der Waals surface area contributed by atoms with Crippen LogP contribution in [0.3, 0.4) is 0 Å². The molecule has 2 saturated carbocycles. The van der Waals surface area contributed by atoms with E-state index >= 15 is 0 Å². The van der Waals surface area contributed by atoms with Crippen LogP contribution in [0.2, 0.25) is 0 Å². The van der Waals surface area contributed by atoms with Gasteiger partial charge in [0.2, 0.25) is 0 Å². The summed E-state index contributed by atoms with van der Waals surface area (Å²) in [5, 5.41) is 0. The highest BCUT2D eigenvalue weighted by molar-refractivity contribution is 5.81. The van der Waals surface area contributed by atoms with Crippen LogP contribution in [-0.4, -0.2) is 36.7 Å². The molecular weight excluding hydrogens is 312 g/mol. The van der Waals surface area contributed by atoms with Crippen molar-refractivity contribution >= 4 is 17.9 Å². The van der Waals surface area contributed by atoms with Crippen LogP contribution in [0.5, 0.6) is 0 Å². The van der Waals surface area contributed by atoms with E-state index in [0.29, 0.717) is 12.8 Å². The zero-order chi connectivity index (χ0) is 17.5. The summed E-state index contributed by atoms with van der Waals surface area (Å²) in [7, 11) is 0. The van der Waals surface area contributed by atoms with Crippen molar-refractivity contribution in [2.75, 3.05) is 6.61 Å². The number of carbonyl (C=O) groups excluding carboxylic acids is 3. The van der Waals surface area contributed by atoms with E-state index in [9.17, 15) is 14.4 Å². The van der Waals surface area contributed by atoms with Crippen molar-refractivity contribution in [3.05, 3.63) is 12.7 Å². The molecule has 0 aromatic carbocycles. The zero-order valence-electron chi connectivity index (χ0n) is 14.2. The van der Waals surface area contributed by atoms with E-state index in [0.717, 1.165) is 18.9 Å². The van der Waals surface area contributed by atoms with Gasteiger partial charge < -0.3 is 14.2 Å². The minimum atomic E-state index is -0.676. The molecule has 132 valence electrons. The summed E-state index contributed by atoms with van der Waals surface area (Å²) in [5.74, 6) is -0.395. The fourth-order valence-electron chi connectivity index (χ4n) is 4.20. The highest BCUT2D eigenvalue weighted by atomic mass is 16.6. The van der Waals surface area contributed by atoms with E-state index in [2.05, 4.69) is 6.58 Å². The van der Waals surface area contributed by atoms with Crippen LogP contribution in [-0.2, 0) is 28.6 Å². The maximum absolute atomic E-state index is 12.6. The quantitative estimate of drug-likeness (QED) is 0.306. The molecule has 5 atom stereocenters. The lowest BCUT2D eigenvalue weighted by Gasteiger charge is -2.30. The molecule has 3 rings (SSSR count). The molecule has 1 saturated heterocycles. The lowest BCUT2D eigenvalue weighted by molar-refractivity contribution is -0.170. The average molecular weight is 336 g/mol. The summed E-state index contributed by atoms with van der Waals surface area (Å²) in [4.78, 5) is 35.3. The van der Waals surface area contributed by atoms with Crippen LogP contribution in [0.25, 0.3) is 0 Å². The third-order valence-corrected chi connectivity index (χ3v) is 5.57. The van der Waals surface area contributed by atoms with Gasteiger partial charge >= 0.3 is 17.9 Å². The second-order valence-corrected chi connectivity index (χ2v) is 7.63. The van der Waals surface area contributed by atoms with Crippen LogP contribution < -0.4 is 0 Å². The summed E-state index contributed by atoms with van der Waals surface area (Å²) in [5.41, 5.74) is -0.676. The summed E-state index contributed by atoms with van der Waals surface area (Å²) in [6.07, 6.45) is 3.36. The molecule has 2 aliphatic carbocycles. The predicted molar refractivity (Wildman–Crippen MR) is 83.6 cm³/mol. The van der Waals surface area contributed by atoms with Crippen molar-refractivity contribution in [1.82, 2.24) is 0 Å². The monoisotopic (exact) mass is 336 g/mol. The number of rotatable bonds is 7. The number of hydrogen-bond donors (Lipinski definition) is 0. The first kappa shape index (κ1) is 17.0. The first-order valence-corrected chi connectivity index (χ1v) is 8.54. The Morgan fingerprint density at radius 2 is 2.12 bits per heavy atom. The summed E-state index contributed by atoms with van der Waals surface area (Å²) < 4.78 is 16.1. The molecule has 0 aromatic heterocycles. The van der Waals surface area contributed by atoms with Gasteiger partial charge in [0.15, 0.2) is 0 Å². The van der Waals surface area contributed by atoms with Crippen molar-refractivity contribution in [1.29, 1.82) is 0 Å². The van der Waals surface area contributed by atoms with E-state index in [1.165, 1.54) is 0 Å². The molecule has 0 radical (unpaired) electrons. The predicted octanol–water partition coefficient (Wildman–Crippen LogP) is 2.02. The smallest absolute Gasteiger partial charge is 0.330 e. The second kappa shape index (κ2) is 6.22. The Kier molecular flexibility index (Phi) is 4.40. The molecule has 3 aliphatic rings. The molecule has 0 amide bonds. The zero-order valence-corrected chi connectivity index (χ0v) is 14.2. The van der Waals surface area contributed by atoms with Gasteiger partial charge in [-0.15, -0.1) is 0 Å². The van der Waals surface area contributed by atoms with E-state index in [-0.39, 0.29) is 48.5 Å². The number of esters is 3. The summed E-state index contributed by atoms with van der Waals surface area (Å²) >= 11 is 0. The topological polar surface area (TPSA) is 78.9 Å². The molecule has 5 unspecified atom stereocenters. The number of hydrogen-bond acceptors (Lipinski definition) is 6. The van der Waals surface area contributed by atoms with Crippen LogP contribution >= 0.6 is 0 Å². The first-order chi connectivity index (χ1) is 11.3. The van der Waals surface area contributed by atoms with E-state index in [4.69, 9.17) is 14.2 Å². The minimum absolute atomic E-state index is 0.0162. The van der Waals surface area contributed by atoms with Crippen molar-refractivity contribution in [2.45, 2.75) is 51.7 Å². The lowest BCUT2D eigenvalue weighted by Crippen LogP contribution is -2.39. The average Bonchev–Trinajstić information content (AvgIpc) is 3.16. The van der Waals surface area contributed by atoms with Crippen molar-refractivity contribution < 1.29 is 28.6 Å². The van der Waals surface area contributed by atoms with Crippen molar-refractivity contribution in [3.8, 4) is 0 Å². The maximum Gasteiger partial charge on any atom is 0.330 e. The Balaban J connectivity index is 1.50. The van der Waals surface area contributed by atoms with Crippen LogP contribution in [0, 0.1) is 23.2 Å². The minimum Gasteiger partial charge on any atom is -0.463 e. The Bertz CT molecular complexity index is 566. The molecule has 0 spiro atoms. The highest BCUT2D eigenvalue weighted by Gasteiger charge is 2.63. The molecule has 3 fully saturated rings. The van der Waals surface area contributed by atoms with E-state index in [1.54, 1.807) is 0 Å². The largest absolute Gasteiger partial charge is 0.463 e. The Morgan fingerprint density at radius 1 is 1.38 bits per heavy atom. The van der Waals surface area contributed by atoms with Gasteiger partial charge in [-0.25, -0.2) is 4.79 Å². The van der Waals surface area contributed by atoms with Gasteiger partial charge in [-0.3, -0.25) is 9.59 Å². The van der Waals surface area contributed by atoms with E-state index in [1.807, 2.05) is 13.8 Å². The summed E-state index contributed by atoms with van der Waals surface area (Å²) in [6.45, 7) is 7.22. The van der Waals surface area contributed by atoms with Crippen LogP contribution in [0.1, 0.15) is 39.5 Å². The van der Waals surface area contributed by atoms with Gasteiger partial charge in [-0.05, 0) is 39.5 Å². The van der Waals surface area contributed by atoms with Gasteiger partial charge in [-0.2, -0.15) is 0 Å². The van der Waals surface area contributed by atoms with Crippen molar-refractivity contribution in [2.24, 2.45) is 23.2 Å². The maximum atomic E-state index is 12.6.